The maximum absolute atomic E-state index is 4.07. The van der Waals surface area contributed by atoms with Gasteiger partial charge >= 0.3 is 0 Å². The van der Waals surface area contributed by atoms with E-state index >= 15 is 0 Å². The minimum Gasteiger partial charge on any atom is -0.265 e. The van der Waals surface area contributed by atoms with Crippen molar-refractivity contribution in [2.45, 2.75) is 6.92 Å². The molecule has 17 heavy (non-hydrogen) atoms. The van der Waals surface area contributed by atoms with Gasteiger partial charge in [-0.3, -0.25) is 4.98 Å². The molecule has 3 aromatic rings. The van der Waals surface area contributed by atoms with E-state index in [2.05, 4.69) is 60.4 Å². The van der Waals surface area contributed by atoms with Crippen LogP contribution in [-0.4, -0.2) is 4.98 Å². The Labute approximate surface area is 101 Å². The number of rotatable bonds is 1. The number of pyridine rings is 1. The second-order valence-electron chi connectivity index (χ2n) is 4.21. The zero-order chi connectivity index (χ0) is 11.7. The molecule has 0 spiro atoms. The second kappa shape index (κ2) is 4.02. The lowest BCUT2D eigenvalue weighted by Gasteiger charge is -2.08. The lowest BCUT2D eigenvalue weighted by Crippen LogP contribution is -1.83. The van der Waals surface area contributed by atoms with Crippen LogP contribution in [0.4, 0.5) is 0 Å². The van der Waals surface area contributed by atoms with Gasteiger partial charge in [0.1, 0.15) is 0 Å². The number of nitrogens with zero attached hydrogens (tertiary/aromatic N) is 1. The summed E-state index contributed by atoms with van der Waals surface area (Å²) in [7, 11) is 0. The van der Waals surface area contributed by atoms with Crippen molar-refractivity contribution < 1.29 is 0 Å². The summed E-state index contributed by atoms with van der Waals surface area (Å²) in [6, 6.07) is 17.0. The Morgan fingerprint density at radius 3 is 2.29 bits per heavy atom. The topological polar surface area (TPSA) is 12.9 Å². The summed E-state index contributed by atoms with van der Waals surface area (Å²) in [5, 5.41) is 2.63. The van der Waals surface area contributed by atoms with E-state index in [1.54, 1.807) is 0 Å². The van der Waals surface area contributed by atoms with Crippen LogP contribution in [-0.2, 0) is 0 Å². The van der Waals surface area contributed by atoms with Gasteiger partial charge in [-0.2, -0.15) is 0 Å². The third-order valence-corrected chi connectivity index (χ3v) is 3.13. The lowest BCUT2D eigenvalue weighted by molar-refractivity contribution is 1.33. The Balaban J connectivity index is 2.35. The first kappa shape index (κ1) is 10.0. The third kappa shape index (κ3) is 1.70. The number of fused-ring (bicyclic) bond motifs is 1. The molecule has 1 nitrogen and oxygen atoms in total. The molecule has 0 aliphatic carbocycles. The van der Waals surface area contributed by atoms with Gasteiger partial charge in [0.25, 0.3) is 0 Å². The molecule has 1 aromatic heterocycles. The number of benzene rings is 2. The van der Waals surface area contributed by atoms with Crippen LogP contribution < -0.4 is 0 Å². The fourth-order valence-corrected chi connectivity index (χ4v) is 2.25. The molecular weight excluding hydrogens is 206 g/mol. The first-order valence-electron chi connectivity index (χ1n) is 5.75. The SMILES string of the molecule is Cc1cccc2c(-c3ccncc3)cccc12. The summed E-state index contributed by atoms with van der Waals surface area (Å²) in [5.74, 6) is 0. The maximum atomic E-state index is 4.07. The predicted molar refractivity (Wildman–Crippen MR) is 71.9 cm³/mol. The zero-order valence-electron chi connectivity index (χ0n) is 9.72. The molecular formula is C16H13N. The highest BCUT2D eigenvalue weighted by Crippen LogP contribution is 2.29. The molecule has 0 bridgehead atoms. The largest absolute Gasteiger partial charge is 0.265 e. The Morgan fingerprint density at radius 2 is 1.47 bits per heavy atom. The minimum atomic E-state index is 1.22. The van der Waals surface area contributed by atoms with Gasteiger partial charge < -0.3 is 0 Å². The first-order chi connectivity index (χ1) is 8.36. The third-order valence-electron chi connectivity index (χ3n) is 3.13. The molecule has 2 aromatic carbocycles. The molecule has 0 unspecified atom stereocenters. The van der Waals surface area contributed by atoms with Gasteiger partial charge in [-0.1, -0.05) is 36.4 Å². The van der Waals surface area contributed by atoms with Gasteiger partial charge in [-0.25, -0.2) is 0 Å². The summed E-state index contributed by atoms with van der Waals surface area (Å²) >= 11 is 0. The number of hydrogen-bond donors (Lipinski definition) is 0. The van der Waals surface area contributed by atoms with Crippen LogP contribution in [0.15, 0.2) is 60.9 Å². The summed E-state index contributed by atoms with van der Waals surface area (Å²) in [4.78, 5) is 4.07. The van der Waals surface area contributed by atoms with E-state index < -0.39 is 0 Å². The van der Waals surface area contributed by atoms with Gasteiger partial charge in [0.2, 0.25) is 0 Å². The van der Waals surface area contributed by atoms with Crippen molar-refractivity contribution >= 4 is 10.8 Å². The van der Waals surface area contributed by atoms with Crippen molar-refractivity contribution in [3.63, 3.8) is 0 Å². The second-order valence-corrected chi connectivity index (χ2v) is 4.21. The van der Waals surface area contributed by atoms with Crippen LogP contribution in [0.2, 0.25) is 0 Å². The van der Waals surface area contributed by atoms with Crippen LogP contribution in [0.5, 0.6) is 0 Å². The number of hydrogen-bond acceptors (Lipinski definition) is 1. The lowest BCUT2D eigenvalue weighted by atomic mass is 9.97. The molecule has 0 fully saturated rings. The highest BCUT2D eigenvalue weighted by Gasteiger charge is 2.03. The van der Waals surface area contributed by atoms with E-state index in [-0.39, 0.29) is 0 Å². The monoisotopic (exact) mass is 219 g/mol. The molecule has 3 rings (SSSR count). The summed E-state index contributed by atoms with van der Waals surface area (Å²) in [6.07, 6.45) is 3.67. The maximum Gasteiger partial charge on any atom is 0.0273 e. The van der Waals surface area contributed by atoms with Crippen molar-refractivity contribution in [3.05, 3.63) is 66.5 Å². The van der Waals surface area contributed by atoms with E-state index in [9.17, 15) is 0 Å². The van der Waals surface area contributed by atoms with Crippen molar-refractivity contribution in [2.75, 3.05) is 0 Å². The Hall–Kier alpha value is -2.15. The van der Waals surface area contributed by atoms with Gasteiger partial charge in [0.05, 0.1) is 0 Å². The van der Waals surface area contributed by atoms with Crippen molar-refractivity contribution in [1.29, 1.82) is 0 Å². The molecule has 0 amide bonds. The normalized spacial score (nSPS) is 10.6. The fraction of sp³-hybridized carbons (Fsp3) is 0.0625. The Kier molecular flexibility index (Phi) is 2.37. The summed E-state index contributed by atoms with van der Waals surface area (Å²) in [5.41, 5.74) is 3.81. The van der Waals surface area contributed by atoms with Crippen LogP contribution >= 0.6 is 0 Å². The number of aryl methyl sites for hydroxylation is 1. The molecule has 0 aliphatic rings. The Morgan fingerprint density at radius 1 is 0.765 bits per heavy atom. The highest BCUT2D eigenvalue weighted by atomic mass is 14.6. The summed E-state index contributed by atoms with van der Waals surface area (Å²) in [6.45, 7) is 2.15. The molecule has 0 radical (unpaired) electrons. The van der Waals surface area contributed by atoms with Crippen molar-refractivity contribution in [2.24, 2.45) is 0 Å². The summed E-state index contributed by atoms with van der Waals surface area (Å²) < 4.78 is 0. The van der Waals surface area contributed by atoms with Gasteiger partial charge in [-0.05, 0) is 46.5 Å². The molecule has 82 valence electrons. The molecule has 0 saturated heterocycles. The van der Waals surface area contributed by atoms with E-state index in [4.69, 9.17) is 0 Å². The molecule has 0 saturated carbocycles. The molecule has 0 aliphatic heterocycles. The molecule has 0 N–H and O–H groups in total. The standard InChI is InChI=1S/C16H13N/c1-12-4-2-7-16-14(12)5-3-6-15(16)13-8-10-17-11-9-13/h2-11H,1H3. The average molecular weight is 219 g/mol. The zero-order valence-corrected chi connectivity index (χ0v) is 9.72. The molecule has 0 atom stereocenters. The predicted octanol–water partition coefficient (Wildman–Crippen LogP) is 4.21. The van der Waals surface area contributed by atoms with E-state index in [1.807, 2.05) is 12.4 Å². The van der Waals surface area contributed by atoms with E-state index in [0.29, 0.717) is 0 Å². The highest BCUT2D eigenvalue weighted by molar-refractivity contribution is 5.98. The van der Waals surface area contributed by atoms with Gasteiger partial charge in [0, 0.05) is 12.4 Å². The van der Waals surface area contributed by atoms with Gasteiger partial charge in [0.15, 0.2) is 0 Å². The van der Waals surface area contributed by atoms with Crippen molar-refractivity contribution in [1.82, 2.24) is 4.98 Å². The molecule has 1 heteroatoms. The van der Waals surface area contributed by atoms with Crippen LogP contribution in [0.1, 0.15) is 5.56 Å². The van der Waals surface area contributed by atoms with E-state index in [0.717, 1.165) is 0 Å². The first-order valence-corrected chi connectivity index (χ1v) is 5.75. The minimum absolute atomic E-state index is 1.22. The van der Waals surface area contributed by atoms with Crippen LogP contribution in [0, 0.1) is 6.92 Å². The average Bonchev–Trinajstić information content (AvgIpc) is 2.40. The van der Waals surface area contributed by atoms with Gasteiger partial charge in [-0.15, -0.1) is 0 Å². The Bertz CT molecular complexity index is 657. The van der Waals surface area contributed by atoms with Crippen molar-refractivity contribution in [3.8, 4) is 11.1 Å². The molecule has 1 heterocycles. The quantitative estimate of drug-likeness (QED) is 0.597. The van der Waals surface area contributed by atoms with E-state index in [1.165, 1.54) is 27.5 Å². The smallest absolute Gasteiger partial charge is 0.0273 e. The fourth-order valence-electron chi connectivity index (χ4n) is 2.25. The number of aromatic nitrogens is 1. The van der Waals surface area contributed by atoms with Crippen LogP contribution in [0.3, 0.4) is 0 Å². The van der Waals surface area contributed by atoms with Crippen LogP contribution in [0.25, 0.3) is 21.9 Å².